The highest BCUT2D eigenvalue weighted by atomic mass is 19.1. The summed E-state index contributed by atoms with van der Waals surface area (Å²) in [5.41, 5.74) is 0.368. The van der Waals surface area contributed by atoms with Crippen LogP contribution >= 0.6 is 0 Å². The fourth-order valence-corrected chi connectivity index (χ4v) is 0.801. The molecule has 2 nitrogen and oxygen atoms in total. The zero-order valence-electron chi connectivity index (χ0n) is 6.54. The zero-order chi connectivity index (χ0) is 9.68. The van der Waals surface area contributed by atoms with Crippen LogP contribution in [0.3, 0.4) is 0 Å². The van der Waals surface area contributed by atoms with E-state index in [2.05, 4.69) is 11.8 Å². The Labute approximate surface area is 74.6 Å². The molecule has 1 rings (SSSR count). The van der Waals surface area contributed by atoms with Crippen molar-refractivity contribution in [2.24, 2.45) is 0 Å². The second kappa shape index (κ2) is 4.04. The summed E-state index contributed by atoms with van der Waals surface area (Å²) in [4.78, 5) is 10.2. The van der Waals surface area contributed by atoms with E-state index in [-0.39, 0.29) is 5.56 Å². The molecule has 1 aromatic carbocycles. The van der Waals surface area contributed by atoms with E-state index < -0.39 is 5.82 Å². The van der Waals surface area contributed by atoms with E-state index in [1.54, 1.807) is 6.07 Å². The molecule has 0 saturated heterocycles. The highest BCUT2D eigenvalue weighted by Crippen LogP contribution is 2.07. The van der Waals surface area contributed by atoms with Gasteiger partial charge in [0.25, 0.3) is 0 Å². The monoisotopic (exact) mass is 173 g/mol. The van der Waals surface area contributed by atoms with Crippen LogP contribution in [-0.2, 0) is 0 Å². The third kappa shape index (κ3) is 2.15. The molecule has 0 saturated carbocycles. The van der Waals surface area contributed by atoms with Crippen molar-refractivity contribution in [3.05, 3.63) is 35.1 Å². The molecule has 0 aliphatic heterocycles. The Balaban J connectivity index is 3.11. The predicted molar refractivity (Wildman–Crippen MR) is 44.3 cm³/mol. The van der Waals surface area contributed by atoms with Crippen LogP contribution in [-0.4, -0.2) is 6.29 Å². The van der Waals surface area contributed by atoms with Gasteiger partial charge in [0.2, 0.25) is 0 Å². The molecule has 0 N–H and O–H groups in total. The fourth-order valence-electron chi connectivity index (χ4n) is 0.801. The molecule has 0 radical (unpaired) electrons. The summed E-state index contributed by atoms with van der Waals surface area (Å²) in [7, 11) is 0. The maximum Gasteiger partial charge on any atom is 0.152 e. The summed E-state index contributed by atoms with van der Waals surface area (Å²) >= 11 is 0. The molecule has 0 fully saturated rings. The topological polar surface area (TPSA) is 40.9 Å². The van der Waals surface area contributed by atoms with Crippen molar-refractivity contribution in [2.75, 3.05) is 0 Å². The number of nitriles is 1. The van der Waals surface area contributed by atoms with Gasteiger partial charge in [-0.25, -0.2) is 4.39 Å². The summed E-state index contributed by atoms with van der Waals surface area (Å²) in [6, 6.07) is 5.54. The number of hydrogen-bond donors (Lipinski definition) is 0. The first-order valence-corrected chi connectivity index (χ1v) is 3.43. The molecular formula is C10H4FNO. The Kier molecular flexibility index (Phi) is 2.78. The maximum absolute atomic E-state index is 12.9. The van der Waals surface area contributed by atoms with Crippen molar-refractivity contribution in [1.29, 1.82) is 5.26 Å². The van der Waals surface area contributed by atoms with Crippen molar-refractivity contribution in [2.45, 2.75) is 0 Å². The molecule has 1 aromatic rings. The average molecular weight is 173 g/mol. The van der Waals surface area contributed by atoms with Crippen LogP contribution in [0.4, 0.5) is 4.39 Å². The molecule has 0 spiro atoms. The molecule has 0 amide bonds. The van der Waals surface area contributed by atoms with E-state index in [9.17, 15) is 9.18 Å². The van der Waals surface area contributed by atoms with E-state index in [0.717, 1.165) is 6.07 Å². The van der Waals surface area contributed by atoms with Gasteiger partial charge in [0.1, 0.15) is 5.82 Å². The van der Waals surface area contributed by atoms with Gasteiger partial charge in [0.05, 0.1) is 5.56 Å². The number of hydrogen-bond acceptors (Lipinski definition) is 2. The quantitative estimate of drug-likeness (QED) is 0.477. The van der Waals surface area contributed by atoms with E-state index in [1.807, 2.05) is 0 Å². The maximum atomic E-state index is 12.9. The minimum Gasteiger partial charge on any atom is -0.298 e. The van der Waals surface area contributed by atoms with Gasteiger partial charge in [-0.05, 0) is 18.2 Å². The largest absolute Gasteiger partial charge is 0.298 e. The van der Waals surface area contributed by atoms with Crippen LogP contribution in [0.2, 0.25) is 0 Å². The third-order valence-electron chi connectivity index (χ3n) is 1.39. The Morgan fingerprint density at radius 2 is 2.23 bits per heavy atom. The Morgan fingerprint density at radius 1 is 1.46 bits per heavy atom. The highest BCUT2D eigenvalue weighted by molar-refractivity contribution is 5.75. The van der Waals surface area contributed by atoms with Crippen molar-refractivity contribution >= 4 is 6.29 Å². The lowest BCUT2D eigenvalue weighted by molar-refractivity contribution is 0.112. The number of aldehydes is 1. The van der Waals surface area contributed by atoms with Gasteiger partial charge in [-0.3, -0.25) is 4.79 Å². The third-order valence-corrected chi connectivity index (χ3v) is 1.39. The standard InChI is InChI=1S/C10H4FNO/c11-10-6-8(2-1-5-12)3-4-9(10)7-13/h3-4,6-7H. The van der Waals surface area contributed by atoms with Gasteiger partial charge < -0.3 is 0 Å². The molecule has 0 unspecified atom stereocenters. The van der Waals surface area contributed by atoms with E-state index in [1.165, 1.54) is 12.1 Å². The normalized spacial score (nSPS) is 8.00. The van der Waals surface area contributed by atoms with Crippen LogP contribution in [0.1, 0.15) is 15.9 Å². The van der Waals surface area contributed by atoms with Crippen molar-refractivity contribution in [3.8, 4) is 17.9 Å². The lowest BCUT2D eigenvalue weighted by Gasteiger charge is -1.93. The smallest absolute Gasteiger partial charge is 0.152 e. The van der Waals surface area contributed by atoms with Crippen molar-refractivity contribution in [1.82, 2.24) is 0 Å². The van der Waals surface area contributed by atoms with Gasteiger partial charge in [0, 0.05) is 11.5 Å². The van der Waals surface area contributed by atoms with E-state index >= 15 is 0 Å². The van der Waals surface area contributed by atoms with Crippen molar-refractivity contribution < 1.29 is 9.18 Å². The number of nitrogens with zero attached hydrogens (tertiary/aromatic N) is 1. The molecule has 0 aromatic heterocycles. The molecule has 3 heteroatoms. The zero-order valence-corrected chi connectivity index (χ0v) is 6.54. The SMILES string of the molecule is N#CC#Cc1ccc(C=O)c(F)c1. The molecule has 0 aliphatic rings. The Bertz CT molecular complexity index is 434. The van der Waals surface area contributed by atoms with Gasteiger partial charge >= 0.3 is 0 Å². The summed E-state index contributed by atoms with van der Waals surface area (Å²) in [5.74, 6) is 3.92. The number of halogens is 1. The minimum absolute atomic E-state index is 0.0116. The molecule has 62 valence electrons. The second-order valence-electron chi connectivity index (χ2n) is 2.22. The van der Waals surface area contributed by atoms with Gasteiger partial charge in [-0.15, -0.1) is 0 Å². The van der Waals surface area contributed by atoms with Gasteiger partial charge in [-0.2, -0.15) is 5.26 Å². The molecule has 13 heavy (non-hydrogen) atoms. The Morgan fingerprint density at radius 3 is 2.77 bits per heavy atom. The first-order valence-electron chi connectivity index (χ1n) is 3.43. The molecule has 0 bridgehead atoms. The second-order valence-corrected chi connectivity index (χ2v) is 2.22. The first-order chi connectivity index (χ1) is 6.27. The van der Waals surface area contributed by atoms with Gasteiger partial charge in [-0.1, -0.05) is 5.92 Å². The van der Waals surface area contributed by atoms with E-state index in [0.29, 0.717) is 11.8 Å². The van der Waals surface area contributed by atoms with Gasteiger partial charge in [0.15, 0.2) is 12.4 Å². The number of rotatable bonds is 1. The van der Waals surface area contributed by atoms with Crippen LogP contribution in [0.25, 0.3) is 0 Å². The lowest BCUT2D eigenvalue weighted by atomic mass is 10.1. The molecular weight excluding hydrogens is 169 g/mol. The van der Waals surface area contributed by atoms with Crippen LogP contribution in [0, 0.1) is 29.0 Å². The summed E-state index contributed by atoms with van der Waals surface area (Å²) in [6.45, 7) is 0. The molecule has 0 atom stereocenters. The van der Waals surface area contributed by atoms with E-state index in [4.69, 9.17) is 5.26 Å². The average Bonchev–Trinajstić information content (AvgIpc) is 2.15. The lowest BCUT2D eigenvalue weighted by Crippen LogP contribution is -1.87. The number of carbonyl (C=O) groups is 1. The first kappa shape index (κ1) is 8.96. The number of carbonyl (C=O) groups excluding carboxylic acids is 1. The minimum atomic E-state index is -0.625. The summed E-state index contributed by atoms with van der Waals surface area (Å²) in [6.07, 6.45) is 0.427. The van der Waals surface area contributed by atoms with Crippen LogP contribution in [0.5, 0.6) is 0 Å². The predicted octanol–water partition coefficient (Wildman–Crippen LogP) is 1.51. The molecule has 0 aliphatic carbocycles. The summed E-state index contributed by atoms with van der Waals surface area (Å²) in [5, 5.41) is 8.12. The molecule has 0 heterocycles. The summed E-state index contributed by atoms with van der Waals surface area (Å²) < 4.78 is 12.9. The highest BCUT2D eigenvalue weighted by Gasteiger charge is 1.99. The Hall–Kier alpha value is -2.13. The number of benzene rings is 1. The fraction of sp³-hybridized carbons (Fsp3) is 0. The van der Waals surface area contributed by atoms with Crippen molar-refractivity contribution in [3.63, 3.8) is 0 Å². The van der Waals surface area contributed by atoms with Crippen LogP contribution < -0.4 is 0 Å². The van der Waals surface area contributed by atoms with Crippen LogP contribution in [0.15, 0.2) is 18.2 Å².